The van der Waals surface area contributed by atoms with Crippen LogP contribution < -0.4 is 5.73 Å². The van der Waals surface area contributed by atoms with E-state index < -0.39 is 0 Å². The van der Waals surface area contributed by atoms with Crippen molar-refractivity contribution in [2.75, 3.05) is 26.8 Å². The highest BCUT2D eigenvalue weighted by molar-refractivity contribution is 5.76. The smallest absolute Gasteiger partial charge is 0.224 e. The summed E-state index contributed by atoms with van der Waals surface area (Å²) in [6.07, 6.45) is 2.40. The molecule has 0 aliphatic rings. The zero-order valence-corrected chi connectivity index (χ0v) is 10.2. The van der Waals surface area contributed by atoms with Crippen molar-refractivity contribution in [3.8, 4) is 0 Å². The monoisotopic (exact) mass is 216 g/mol. The van der Waals surface area contributed by atoms with E-state index >= 15 is 0 Å². The Labute approximate surface area is 92.8 Å². The zero-order chi connectivity index (χ0) is 11.7. The molecule has 0 fully saturated rings. The molecule has 0 aromatic rings. The first-order valence-corrected chi connectivity index (χ1v) is 5.69. The Hall–Kier alpha value is -0.610. The second kappa shape index (κ2) is 8.68. The Morgan fingerprint density at radius 2 is 2.00 bits per heavy atom. The van der Waals surface area contributed by atoms with Crippen molar-refractivity contribution < 1.29 is 9.53 Å². The Balaban J connectivity index is 4.33. The first-order valence-electron chi connectivity index (χ1n) is 5.69. The summed E-state index contributed by atoms with van der Waals surface area (Å²) >= 11 is 0. The Morgan fingerprint density at radius 3 is 2.40 bits per heavy atom. The zero-order valence-electron chi connectivity index (χ0n) is 10.2. The summed E-state index contributed by atoms with van der Waals surface area (Å²) in [7, 11) is 1.65. The predicted molar refractivity (Wildman–Crippen MR) is 61.6 cm³/mol. The number of methoxy groups -OCH3 is 1. The number of hydrogen-bond acceptors (Lipinski definition) is 3. The third-order valence-corrected chi connectivity index (χ3v) is 2.60. The average Bonchev–Trinajstić information content (AvgIpc) is 2.24. The van der Waals surface area contributed by atoms with Gasteiger partial charge in [0.05, 0.1) is 6.61 Å². The molecule has 90 valence electrons. The molecule has 0 unspecified atom stereocenters. The van der Waals surface area contributed by atoms with Gasteiger partial charge in [0.1, 0.15) is 0 Å². The molecule has 0 aliphatic heterocycles. The topological polar surface area (TPSA) is 55.6 Å². The Bertz CT molecular complexity index is 170. The largest absolute Gasteiger partial charge is 0.383 e. The first-order chi connectivity index (χ1) is 7.21. The number of hydrogen-bond donors (Lipinski definition) is 1. The molecule has 0 bridgehead atoms. The van der Waals surface area contributed by atoms with Crippen molar-refractivity contribution in [1.29, 1.82) is 0 Å². The molecule has 0 heterocycles. The summed E-state index contributed by atoms with van der Waals surface area (Å²) in [5, 5.41) is 0. The SMILES string of the molecule is CCC(CC)N(CCOC)C(=O)CCN. The average molecular weight is 216 g/mol. The van der Waals surface area contributed by atoms with Crippen LogP contribution in [0.3, 0.4) is 0 Å². The van der Waals surface area contributed by atoms with Crippen LogP contribution in [0.2, 0.25) is 0 Å². The molecule has 0 rings (SSSR count). The normalized spacial score (nSPS) is 10.7. The number of carbonyl (C=O) groups excluding carboxylic acids is 1. The minimum Gasteiger partial charge on any atom is -0.383 e. The van der Waals surface area contributed by atoms with Gasteiger partial charge in [-0.25, -0.2) is 0 Å². The minimum atomic E-state index is 0.142. The van der Waals surface area contributed by atoms with Crippen LogP contribution in [0.15, 0.2) is 0 Å². The molecule has 0 aromatic carbocycles. The number of carbonyl (C=O) groups is 1. The molecule has 4 nitrogen and oxygen atoms in total. The lowest BCUT2D eigenvalue weighted by atomic mass is 10.1. The molecule has 0 radical (unpaired) electrons. The van der Waals surface area contributed by atoms with Crippen LogP contribution in [0.4, 0.5) is 0 Å². The van der Waals surface area contributed by atoms with Crippen LogP contribution in [0, 0.1) is 0 Å². The van der Waals surface area contributed by atoms with E-state index in [2.05, 4.69) is 13.8 Å². The van der Waals surface area contributed by atoms with Gasteiger partial charge >= 0.3 is 0 Å². The van der Waals surface area contributed by atoms with Gasteiger partial charge in [-0.2, -0.15) is 0 Å². The number of nitrogens with two attached hydrogens (primary N) is 1. The summed E-state index contributed by atoms with van der Waals surface area (Å²) < 4.78 is 5.01. The first kappa shape index (κ1) is 14.4. The van der Waals surface area contributed by atoms with Crippen molar-refractivity contribution in [2.45, 2.75) is 39.2 Å². The molecule has 0 saturated heterocycles. The lowest BCUT2D eigenvalue weighted by Crippen LogP contribution is -2.42. The summed E-state index contributed by atoms with van der Waals surface area (Å²) in [5.41, 5.74) is 5.40. The van der Waals surface area contributed by atoms with Crippen molar-refractivity contribution in [1.82, 2.24) is 4.90 Å². The molecule has 0 aromatic heterocycles. The van der Waals surface area contributed by atoms with Gasteiger partial charge < -0.3 is 15.4 Å². The van der Waals surface area contributed by atoms with Gasteiger partial charge in [-0.1, -0.05) is 13.8 Å². The lowest BCUT2D eigenvalue weighted by Gasteiger charge is -2.30. The van der Waals surface area contributed by atoms with Crippen LogP contribution in [-0.2, 0) is 9.53 Å². The van der Waals surface area contributed by atoms with Gasteiger partial charge in [-0.3, -0.25) is 4.79 Å². The second-order valence-corrected chi connectivity index (χ2v) is 3.59. The fraction of sp³-hybridized carbons (Fsp3) is 0.909. The molecule has 15 heavy (non-hydrogen) atoms. The van der Waals surface area contributed by atoms with E-state index in [1.165, 1.54) is 0 Å². The summed E-state index contributed by atoms with van der Waals surface area (Å²) in [6.45, 7) is 5.88. The highest BCUT2D eigenvalue weighted by Gasteiger charge is 2.19. The van der Waals surface area contributed by atoms with E-state index in [0.29, 0.717) is 32.2 Å². The van der Waals surface area contributed by atoms with Crippen molar-refractivity contribution in [3.63, 3.8) is 0 Å². The molecule has 4 heteroatoms. The van der Waals surface area contributed by atoms with Gasteiger partial charge in [0, 0.05) is 32.7 Å². The van der Waals surface area contributed by atoms with Gasteiger partial charge in [-0.15, -0.1) is 0 Å². The number of nitrogens with zero attached hydrogens (tertiary/aromatic N) is 1. The molecule has 0 spiro atoms. The quantitative estimate of drug-likeness (QED) is 0.658. The standard InChI is InChI=1S/C11H24N2O2/c1-4-10(5-2)13(8-9-15-3)11(14)6-7-12/h10H,4-9,12H2,1-3H3. The maximum atomic E-state index is 11.8. The summed E-state index contributed by atoms with van der Waals surface area (Å²) in [5.74, 6) is 0.142. The maximum Gasteiger partial charge on any atom is 0.224 e. The van der Waals surface area contributed by atoms with E-state index in [1.807, 2.05) is 4.90 Å². The van der Waals surface area contributed by atoms with E-state index in [9.17, 15) is 4.79 Å². The van der Waals surface area contributed by atoms with Crippen LogP contribution in [-0.4, -0.2) is 43.7 Å². The van der Waals surface area contributed by atoms with Crippen LogP contribution in [0.1, 0.15) is 33.1 Å². The number of rotatable bonds is 8. The van der Waals surface area contributed by atoms with Gasteiger partial charge in [0.25, 0.3) is 0 Å². The number of ether oxygens (including phenoxy) is 1. The van der Waals surface area contributed by atoms with E-state index in [0.717, 1.165) is 12.8 Å². The van der Waals surface area contributed by atoms with Crippen LogP contribution in [0.25, 0.3) is 0 Å². The van der Waals surface area contributed by atoms with Crippen molar-refractivity contribution in [2.24, 2.45) is 5.73 Å². The van der Waals surface area contributed by atoms with Crippen molar-refractivity contribution >= 4 is 5.91 Å². The van der Waals surface area contributed by atoms with E-state index in [4.69, 9.17) is 10.5 Å². The van der Waals surface area contributed by atoms with E-state index in [-0.39, 0.29) is 5.91 Å². The summed E-state index contributed by atoms with van der Waals surface area (Å²) in [4.78, 5) is 13.7. The second-order valence-electron chi connectivity index (χ2n) is 3.59. The fourth-order valence-electron chi connectivity index (χ4n) is 1.70. The molecule has 0 saturated carbocycles. The molecular weight excluding hydrogens is 192 g/mol. The molecule has 2 N–H and O–H groups in total. The third kappa shape index (κ3) is 5.14. The highest BCUT2D eigenvalue weighted by Crippen LogP contribution is 2.09. The minimum absolute atomic E-state index is 0.142. The lowest BCUT2D eigenvalue weighted by molar-refractivity contribution is -0.134. The van der Waals surface area contributed by atoms with Crippen LogP contribution >= 0.6 is 0 Å². The third-order valence-electron chi connectivity index (χ3n) is 2.60. The fourth-order valence-corrected chi connectivity index (χ4v) is 1.70. The van der Waals surface area contributed by atoms with Gasteiger partial charge in [0.2, 0.25) is 5.91 Å². The van der Waals surface area contributed by atoms with Crippen LogP contribution in [0.5, 0.6) is 0 Å². The summed E-state index contributed by atoms with van der Waals surface area (Å²) in [6, 6.07) is 0.319. The van der Waals surface area contributed by atoms with Gasteiger partial charge in [-0.05, 0) is 12.8 Å². The van der Waals surface area contributed by atoms with Gasteiger partial charge in [0.15, 0.2) is 0 Å². The Kier molecular flexibility index (Phi) is 8.33. The molecule has 0 atom stereocenters. The number of amides is 1. The maximum absolute atomic E-state index is 11.8. The van der Waals surface area contributed by atoms with Crippen molar-refractivity contribution in [3.05, 3.63) is 0 Å². The molecule has 1 amide bonds. The Morgan fingerprint density at radius 1 is 1.40 bits per heavy atom. The molecule has 0 aliphatic carbocycles. The highest BCUT2D eigenvalue weighted by atomic mass is 16.5. The predicted octanol–water partition coefficient (Wildman–Crippen LogP) is 0.999. The molecular formula is C11H24N2O2. The van der Waals surface area contributed by atoms with E-state index in [1.54, 1.807) is 7.11 Å².